The highest BCUT2D eigenvalue weighted by molar-refractivity contribution is 5.80. The molecule has 0 radical (unpaired) electrons. The summed E-state index contributed by atoms with van der Waals surface area (Å²) in [6.45, 7) is 5.99. The summed E-state index contributed by atoms with van der Waals surface area (Å²) in [5, 5.41) is 11.9. The van der Waals surface area contributed by atoms with Crippen molar-refractivity contribution in [3.63, 3.8) is 0 Å². The van der Waals surface area contributed by atoms with E-state index in [2.05, 4.69) is 5.32 Å². The summed E-state index contributed by atoms with van der Waals surface area (Å²) >= 11 is 0. The molecule has 1 rings (SSSR count). The number of hydrogen-bond acceptors (Lipinski definition) is 3. The summed E-state index contributed by atoms with van der Waals surface area (Å²) in [4.78, 5) is 11.5. The SMILES string of the molecule is CCNC(=O)C(C)Oc1ccc(CCC(C)O)cc1. The van der Waals surface area contributed by atoms with Gasteiger partial charge >= 0.3 is 0 Å². The lowest BCUT2D eigenvalue weighted by Crippen LogP contribution is -2.36. The van der Waals surface area contributed by atoms with E-state index >= 15 is 0 Å². The fourth-order valence-corrected chi connectivity index (χ4v) is 1.69. The molecule has 2 N–H and O–H groups in total. The molecule has 0 bridgehead atoms. The molecular formula is C15H23NO3. The van der Waals surface area contributed by atoms with Crippen LogP contribution in [0.25, 0.3) is 0 Å². The fraction of sp³-hybridized carbons (Fsp3) is 0.533. The summed E-state index contributed by atoms with van der Waals surface area (Å²) < 4.78 is 5.55. The molecule has 0 aromatic heterocycles. The Morgan fingerprint density at radius 2 is 1.95 bits per heavy atom. The molecule has 0 spiro atoms. The normalized spacial score (nSPS) is 13.7. The first-order valence-electron chi connectivity index (χ1n) is 6.74. The zero-order valence-corrected chi connectivity index (χ0v) is 11.8. The molecule has 106 valence electrons. The third-order valence-corrected chi connectivity index (χ3v) is 2.81. The van der Waals surface area contributed by atoms with Crippen LogP contribution in [0, 0.1) is 0 Å². The molecule has 4 nitrogen and oxygen atoms in total. The van der Waals surface area contributed by atoms with Crippen LogP contribution in [0.5, 0.6) is 5.75 Å². The summed E-state index contributed by atoms with van der Waals surface area (Å²) in [7, 11) is 0. The average molecular weight is 265 g/mol. The van der Waals surface area contributed by atoms with Crippen LogP contribution in [-0.4, -0.2) is 29.8 Å². The molecule has 2 unspecified atom stereocenters. The average Bonchev–Trinajstić information content (AvgIpc) is 2.38. The predicted octanol–water partition coefficient (Wildman–Crippen LogP) is 1.90. The van der Waals surface area contributed by atoms with Crippen molar-refractivity contribution in [2.45, 2.75) is 45.8 Å². The molecule has 0 saturated carbocycles. The highest BCUT2D eigenvalue weighted by Gasteiger charge is 2.13. The highest BCUT2D eigenvalue weighted by Crippen LogP contribution is 2.15. The second-order valence-electron chi connectivity index (χ2n) is 4.69. The number of aliphatic hydroxyl groups is 1. The highest BCUT2D eigenvalue weighted by atomic mass is 16.5. The maximum absolute atomic E-state index is 11.5. The Kier molecular flexibility index (Phi) is 6.36. The number of ether oxygens (including phenoxy) is 1. The minimum Gasteiger partial charge on any atom is -0.481 e. The van der Waals surface area contributed by atoms with Crippen molar-refractivity contribution < 1.29 is 14.6 Å². The largest absolute Gasteiger partial charge is 0.481 e. The molecular weight excluding hydrogens is 242 g/mol. The number of amides is 1. The van der Waals surface area contributed by atoms with Gasteiger partial charge in [-0.15, -0.1) is 0 Å². The molecule has 0 fully saturated rings. The van der Waals surface area contributed by atoms with E-state index in [0.29, 0.717) is 12.3 Å². The Morgan fingerprint density at radius 3 is 2.47 bits per heavy atom. The molecule has 4 heteroatoms. The monoisotopic (exact) mass is 265 g/mol. The zero-order chi connectivity index (χ0) is 14.3. The first-order valence-corrected chi connectivity index (χ1v) is 6.74. The first-order chi connectivity index (χ1) is 9.02. The van der Waals surface area contributed by atoms with Gasteiger partial charge in [-0.05, 0) is 51.3 Å². The summed E-state index contributed by atoms with van der Waals surface area (Å²) in [5.41, 5.74) is 1.15. The Hall–Kier alpha value is -1.55. The molecule has 1 amide bonds. The van der Waals surface area contributed by atoms with E-state index < -0.39 is 6.10 Å². The number of carbonyl (C=O) groups excluding carboxylic acids is 1. The van der Waals surface area contributed by atoms with Crippen LogP contribution in [0.15, 0.2) is 24.3 Å². The van der Waals surface area contributed by atoms with Gasteiger partial charge in [0.1, 0.15) is 5.75 Å². The van der Waals surface area contributed by atoms with Gasteiger partial charge in [-0.1, -0.05) is 12.1 Å². The quantitative estimate of drug-likeness (QED) is 0.791. The van der Waals surface area contributed by atoms with Crippen molar-refractivity contribution in [2.75, 3.05) is 6.54 Å². The van der Waals surface area contributed by atoms with Crippen LogP contribution < -0.4 is 10.1 Å². The van der Waals surface area contributed by atoms with Crippen molar-refractivity contribution in [1.29, 1.82) is 0 Å². The van der Waals surface area contributed by atoms with E-state index in [4.69, 9.17) is 4.74 Å². The molecule has 0 aliphatic heterocycles. The van der Waals surface area contributed by atoms with Crippen molar-refractivity contribution >= 4 is 5.91 Å². The Labute approximate surface area is 114 Å². The topological polar surface area (TPSA) is 58.6 Å². The van der Waals surface area contributed by atoms with E-state index in [1.54, 1.807) is 13.8 Å². The predicted molar refractivity (Wildman–Crippen MR) is 75.2 cm³/mol. The van der Waals surface area contributed by atoms with Gasteiger partial charge in [0.05, 0.1) is 6.10 Å². The Balaban J connectivity index is 2.49. The van der Waals surface area contributed by atoms with Crippen LogP contribution >= 0.6 is 0 Å². The van der Waals surface area contributed by atoms with Gasteiger partial charge in [0.25, 0.3) is 5.91 Å². The smallest absolute Gasteiger partial charge is 0.260 e. The second kappa shape index (κ2) is 7.79. The number of aryl methyl sites for hydroxylation is 1. The molecule has 0 heterocycles. The third kappa shape index (κ3) is 5.75. The number of likely N-dealkylation sites (N-methyl/N-ethyl adjacent to an activating group) is 1. The minimum atomic E-state index is -0.497. The molecule has 0 aliphatic carbocycles. The van der Waals surface area contributed by atoms with Gasteiger partial charge in [-0.3, -0.25) is 4.79 Å². The van der Waals surface area contributed by atoms with Crippen LogP contribution in [-0.2, 0) is 11.2 Å². The van der Waals surface area contributed by atoms with Crippen molar-refractivity contribution in [1.82, 2.24) is 5.32 Å². The lowest BCUT2D eigenvalue weighted by molar-refractivity contribution is -0.127. The molecule has 1 aromatic carbocycles. The number of hydrogen-bond donors (Lipinski definition) is 2. The first kappa shape index (κ1) is 15.5. The molecule has 2 atom stereocenters. The van der Waals surface area contributed by atoms with Crippen molar-refractivity contribution in [2.24, 2.45) is 0 Å². The van der Waals surface area contributed by atoms with Crippen LogP contribution in [0.4, 0.5) is 0 Å². The standard InChI is InChI=1S/C15H23NO3/c1-4-16-15(18)12(3)19-14-9-7-13(8-10-14)6-5-11(2)17/h7-12,17H,4-6H2,1-3H3,(H,16,18). The lowest BCUT2D eigenvalue weighted by Gasteiger charge is -2.14. The summed E-state index contributed by atoms with van der Waals surface area (Å²) in [6.07, 6.45) is 0.802. The second-order valence-corrected chi connectivity index (χ2v) is 4.69. The summed E-state index contributed by atoms with van der Waals surface area (Å²) in [5.74, 6) is 0.570. The van der Waals surface area contributed by atoms with Gasteiger partial charge in [0.2, 0.25) is 0 Å². The fourth-order valence-electron chi connectivity index (χ4n) is 1.69. The van der Waals surface area contributed by atoms with E-state index in [1.165, 1.54) is 0 Å². The van der Waals surface area contributed by atoms with Gasteiger partial charge in [-0.25, -0.2) is 0 Å². The number of nitrogens with one attached hydrogen (secondary N) is 1. The van der Waals surface area contributed by atoms with Crippen molar-refractivity contribution in [3.05, 3.63) is 29.8 Å². The van der Waals surface area contributed by atoms with E-state index in [0.717, 1.165) is 18.4 Å². The molecule has 0 aliphatic rings. The molecule has 19 heavy (non-hydrogen) atoms. The van der Waals surface area contributed by atoms with Gasteiger partial charge in [0, 0.05) is 6.54 Å². The van der Waals surface area contributed by atoms with Crippen LogP contribution in [0.1, 0.15) is 32.8 Å². The number of aliphatic hydroxyl groups excluding tert-OH is 1. The van der Waals surface area contributed by atoms with Crippen molar-refractivity contribution in [3.8, 4) is 5.75 Å². The maximum Gasteiger partial charge on any atom is 0.260 e. The Bertz CT molecular complexity index is 387. The Morgan fingerprint density at radius 1 is 1.32 bits per heavy atom. The molecule has 0 saturated heterocycles. The number of rotatable bonds is 7. The van der Waals surface area contributed by atoms with Crippen LogP contribution in [0.2, 0.25) is 0 Å². The number of carbonyl (C=O) groups is 1. The van der Waals surface area contributed by atoms with Crippen LogP contribution in [0.3, 0.4) is 0 Å². The van der Waals surface area contributed by atoms with E-state index in [1.807, 2.05) is 31.2 Å². The lowest BCUT2D eigenvalue weighted by atomic mass is 10.1. The third-order valence-electron chi connectivity index (χ3n) is 2.81. The van der Waals surface area contributed by atoms with Gasteiger partial charge in [-0.2, -0.15) is 0 Å². The maximum atomic E-state index is 11.5. The van der Waals surface area contributed by atoms with Gasteiger partial charge in [0.15, 0.2) is 6.10 Å². The van der Waals surface area contributed by atoms with E-state index in [9.17, 15) is 9.90 Å². The van der Waals surface area contributed by atoms with E-state index in [-0.39, 0.29) is 12.0 Å². The zero-order valence-electron chi connectivity index (χ0n) is 11.8. The number of benzene rings is 1. The minimum absolute atomic E-state index is 0.110. The van der Waals surface area contributed by atoms with Gasteiger partial charge < -0.3 is 15.2 Å². The molecule has 1 aromatic rings. The summed E-state index contributed by atoms with van der Waals surface area (Å²) in [6, 6.07) is 7.63.